The van der Waals surface area contributed by atoms with Crippen LogP contribution in [-0.2, 0) is 4.84 Å². The van der Waals surface area contributed by atoms with E-state index in [1.54, 1.807) is 0 Å². The van der Waals surface area contributed by atoms with Gasteiger partial charge in [-0.3, -0.25) is 9.90 Å². The Hall–Kier alpha value is -1.80. The highest BCUT2D eigenvalue weighted by molar-refractivity contribution is 5.68. The van der Waals surface area contributed by atoms with Crippen LogP contribution in [0.1, 0.15) is 27.7 Å². The maximum Gasteiger partial charge on any atom is 0.0800 e. The standard InChI is InChI=1S/C18H23NO/c1-14(2)19(20-15(3)4)18-12-8-11-17(13-18)16-9-6-5-7-10-16/h5-15H,1-4H3. The van der Waals surface area contributed by atoms with Crippen molar-refractivity contribution < 1.29 is 4.84 Å². The van der Waals surface area contributed by atoms with Gasteiger partial charge in [-0.15, -0.1) is 0 Å². The number of hydroxylamine groups is 1. The van der Waals surface area contributed by atoms with Crippen LogP contribution in [0.3, 0.4) is 0 Å². The molecule has 0 amide bonds. The summed E-state index contributed by atoms with van der Waals surface area (Å²) in [4.78, 5) is 5.92. The van der Waals surface area contributed by atoms with E-state index in [9.17, 15) is 0 Å². The number of hydrogen-bond donors (Lipinski definition) is 0. The number of rotatable bonds is 5. The second-order valence-electron chi connectivity index (χ2n) is 5.49. The average molecular weight is 269 g/mol. The van der Waals surface area contributed by atoms with E-state index in [2.05, 4.69) is 76.2 Å². The topological polar surface area (TPSA) is 12.5 Å². The van der Waals surface area contributed by atoms with Crippen molar-refractivity contribution in [2.75, 3.05) is 5.06 Å². The zero-order chi connectivity index (χ0) is 14.5. The van der Waals surface area contributed by atoms with Crippen LogP contribution in [-0.4, -0.2) is 12.1 Å². The first-order valence-corrected chi connectivity index (χ1v) is 7.19. The molecule has 20 heavy (non-hydrogen) atoms. The van der Waals surface area contributed by atoms with Crippen molar-refractivity contribution in [2.45, 2.75) is 39.8 Å². The normalized spacial score (nSPS) is 11.1. The molecule has 0 saturated heterocycles. The fourth-order valence-electron chi connectivity index (χ4n) is 2.16. The summed E-state index contributed by atoms with van der Waals surface area (Å²) >= 11 is 0. The largest absolute Gasteiger partial charge is 0.271 e. The first-order valence-electron chi connectivity index (χ1n) is 7.19. The molecule has 0 radical (unpaired) electrons. The molecule has 0 aromatic heterocycles. The van der Waals surface area contributed by atoms with Gasteiger partial charge in [-0.2, -0.15) is 0 Å². The number of benzene rings is 2. The zero-order valence-corrected chi connectivity index (χ0v) is 12.7. The highest BCUT2D eigenvalue weighted by Gasteiger charge is 2.13. The van der Waals surface area contributed by atoms with Crippen LogP contribution in [0.25, 0.3) is 11.1 Å². The molecule has 2 nitrogen and oxygen atoms in total. The van der Waals surface area contributed by atoms with Gasteiger partial charge in [0, 0.05) is 0 Å². The summed E-state index contributed by atoms with van der Waals surface area (Å²) in [7, 11) is 0. The predicted molar refractivity (Wildman–Crippen MR) is 85.7 cm³/mol. The zero-order valence-electron chi connectivity index (χ0n) is 12.7. The van der Waals surface area contributed by atoms with E-state index < -0.39 is 0 Å². The molecule has 106 valence electrons. The van der Waals surface area contributed by atoms with Crippen LogP contribution in [0.2, 0.25) is 0 Å². The van der Waals surface area contributed by atoms with Crippen molar-refractivity contribution in [3.8, 4) is 11.1 Å². The number of hydrogen-bond acceptors (Lipinski definition) is 2. The van der Waals surface area contributed by atoms with Gasteiger partial charge in [-0.1, -0.05) is 42.5 Å². The molecule has 0 N–H and O–H groups in total. The van der Waals surface area contributed by atoms with E-state index in [1.807, 2.05) is 11.1 Å². The maximum atomic E-state index is 5.92. The molecule has 0 aliphatic heterocycles. The highest BCUT2D eigenvalue weighted by Crippen LogP contribution is 2.26. The van der Waals surface area contributed by atoms with Gasteiger partial charge in [0.25, 0.3) is 0 Å². The lowest BCUT2D eigenvalue weighted by Gasteiger charge is -2.30. The van der Waals surface area contributed by atoms with Crippen molar-refractivity contribution in [3.63, 3.8) is 0 Å². The number of anilines is 1. The molecule has 2 aromatic carbocycles. The van der Waals surface area contributed by atoms with E-state index in [0.29, 0.717) is 6.04 Å². The molecule has 0 unspecified atom stereocenters. The van der Waals surface area contributed by atoms with Gasteiger partial charge < -0.3 is 0 Å². The Morgan fingerprint density at radius 1 is 0.800 bits per heavy atom. The third-order valence-corrected chi connectivity index (χ3v) is 3.00. The second kappa shape index (κ2) is 6.58. The van der Waals surface area contributed by atoms with E-state index in [0.717, 1.165) is 5.69 Å². The fraction of sp³-hybridized carbons (Fsp3) is 0.333. The lowest BCUT2D eigenvalue weighted by molar-refractivity contribution is 0.0437. The van der Waals surface area contributed by atoms with Crippen LogP contribution in [0.15, 0.2) is 54.6 Å². The van der Waals surface area contributed by atoms with E-state index in [1.165, 1.54) is 11.1 Å². The van der Waals surface area contributed by atoms with Crippen LogP contribution >= 0.6 is 0 Å². The SMILES string of the molecule is CC(C)ON(c1cccc(-c2ccccc2)c1)C(C)C. The van der Waals surface area contributed by atoms with E-state index in [-0.39, 0.29) is 6.10 Å². The minimum Gasteiger partial charge on any atom is -0.271 e. The average Bonchev–Trinajstić information content (AvgIpc) is 2.45. The summed E-state index contributed by atoms with van der Waals surface area (Å²) < 4.78 is 0. The molecule has 0 bridgehead atoms. The molecule has 0 saturated carbocycles. The molecule has 0 aliphatic carbocycles. The summed E-state index contributed by atoms with van der Waals surface area (Å²) in [5, 5.41) is 1.98. The van der Waals surface area contributed by atoms with Crippen LogP contribution in [0.4, 0.5) is 5.69 Å². The Morgan fingerprint density at radius 2 is 1.45 bits per heavy atom. The monoisotopic (exact) mass is 269 g/mol. The molecule has 2 rings (SSSR count). The Morgan fingerprint density at radius 3 is 2.05 bits per heavy atom. The summed E-state index contributed by atoms with van der Waals surface area (Å²) in [6.07, 6.45) is 0.165. The van der Waals surface area contributed by atoms with E-state index >= 15 is 0 Å². The molecule has 0 atom stereocenters. The van der Waals surface area contributed by atoms with Crippen LogP contribution < -0.4 is 5.06 Å². The maximum absolute atomic E-state index is 5.92. The lowest BCUT2D eigenvalue weighted by Crippen LogP contribution is -2.33. The van der Waals surface area contributed by atoms with Gasteiger partial charge in [0.15, 0.2) is 0 Å². The van der Waals surface area contributed by atoms with Crippen molar-refractivity contribution in [3.05, 3.63) is 54.6 Å². The smallest absolute Gasteiger partial charge is 0.0800 e. The third-order valence-electron chi connectivity index (χ3n) is 3.00. The summed E-state index contributed by atoms with van der Waals surface area (Å²) in [6.45, 7) is 8.38. The minimum absolute atomic E-state index is 0.165. The van der Waals surface area contributed by atoms with Gasteiger partial charge >= 0.3 is 0 Å². The Bertz CT molecular complexity index is 534. The second-order valence-corrected chi connectivity index (χ2v) is 5.49. The van der Waals surface area contributed by atoms with Gasteiger partial charge in [0.2, 0.25) is 0 Å². The molecule has 0 heterocycles. The van der Waals surface area contributed by atoms with Crippen molar-refractivity contribution >= 4 is 5.69 Å². The molecular formula is C18H23NO. The quantitative estimate of drug-likeness (QED) is 0.715. The van der Waals surface area contributed by atoms with E-state index in [4.69, 9.17) is 4.84 Å². The minimum atomic E-state index is 0.165. The molecule has 0 fully saturated rings. The molecule has 0 aliphatic rings. The van der Waals surface area contributed by atoms with Gasteiger partial charge in [0.05, 0.1) is 17.8 Å². The summed E-state index contributed by atoms with van der Waals surface area (Å²) in [6, 6.07) is 19.2. The van der Waals surface area contributed by atoms with Gasteiger partial charge in [-0.05, 0) is 51.0 Å². The Labute approximate surface area is 122 Å². The fourth-order valence-corrected chi connectivity index (χ4v) is 2.16. The lowest BCUT2D eigenvalue weighted by atomic mass is 10.1. The predicted octanol–water partition coefficient (Wildman–Crippen LogP) is 4.91. The molecular weight excluding hydrogens is 246 g/mol. The molecule has 2 heteroatoms. The van der Waals surface area contributed by atoms with Gasteiger partial charge in [-0.25, -0.2) is 0 Å². The van der Waals surface area contributed by atoms with Crippen molar-refractivity contribution in [2.24, 2.45) is 0 Å². The summed E-state index contributed by atoms with van der Waals surface area (Å²) in [5.41, 5.74) is 3.53. The molecule has 2 aromatic rings. The van der Waals surface area contributed by atoms with Crippen molar-refractivity contribution in [1.82, 2.24) is 0 Å². The van der Waals surface area contributed by atoms with Gasteiger partial charge in [0.1, 0.15) is 0 Å². The Balaban J connectivity index is 2.33. The molecule has 0 spiro atoms. The Kier molecular flexibility index (Phi) is 4.80. The summed E-state index contributed by atoms with van der Waals surface area (Å²) in [5.74, 6) is 0. The number of nitrogens with zero attached hydrogens (tertiary/aromatic N) is 1. The van der Waals surface area contributed by atoms with Crippen LogP contribution in [0.5, 0.6) is 0 Å². The highest BCUT2D eigenvalue weighted by atomic mass is 16.7. The first kappa shape index (κ1) is 14.6. The van der Waals surface area contributed by atoms with Crippen LogP contribution in [0, 0.1) is 0 Å². The third kappa shape index (κ3) is 3.61. The van der Waals surface area contributed by atoms with Crippen molar-refractivity contribution in [1.29, 1.82) is 0 Å². The first-order chi connectivity index (χ1) is 9.58.